The number of alkyl halides is 2. The van der Waals surface area contributed by atoms with Gasteiger partial charge in [-0.25, -0.2) is 4.98 Å². The van der Waals surface area contributed by atoms with E-state index in [0.717, 1.165) is 16.8 Å². The van der Waals surface area contributed by atoms with Crippen molar-refractivity contribution in [2.75, 3.05) is 5.32 Å². The third-order valence-corrected chi connectivity index (χ3v) is 5.44. The van der Waals surface area contributed by atoms with E-state index >= 15 is 0 Å². The first-order valence-electron chi connectivity index (χ1n) is 9.61. The molecule has 152 valence electrons. The van der Waals surface area contributed by atoms with Crippen molar-refractivity contribution in [2.24, 2.45) is 0 Å². The lowest BCUT2D eigenvalue weighted by Crippen LogP contribution is -2.28. The molecule has 1 aliphatic heterocycles. The quantitative estimate of drug-likeness (QED) is 0.656. The largest absolute Gasteiger partial charge is 0.586 e. The van der Waals surface area contributed by atoms with Crippen molar-refractivity contribution < 1.29 is 23.0 Å². The van der Waals surface area contributed by atoms with Gasteiger partial charge in [-0.15, -0.1) is 8.78 Å². The van der Waals surface area contributed by atoms with Gasteiger partial charge < -0.3 is 14.8 Å². The molecule has 1 aliphatic carbocycles. The van der Waals surface area contributed by atoms with Gasteiger partial charge in [0.15, 0.2) is 11.5 Å². The Morgan fingerprint density at radius 3 is 2.53 bits per heavy atom. The van der Waals surface area contributed by atoms with Crippen LogP contribution < -0.4 is 14.8 Å². The number of carbonyl (C=O) groups excluding carboxylic acids is 1. The van der Waals surface area contributed by atoms with Crippen molar-refractivity contribution in [3.05, 3.63) is 71.8 Å². The number of pyridine rings is 1. The number of fused-ring (bicyclic) bond motifs is 1. The molecule has 7 heteroatoms. The fraction of sp³-hybridized carbons (Fsp3) is 0.217. The van der Waals surface area contributed by atoms with Crippen LogP contribution in [0.25, 0.3) is 11.3 Å². The number of ether oxygens (including phenoxy) is 2. The molecule has 2 aromatic carbocycles. The maximum Gasteiger partial charge on any atom is 0.586 e. The molecular weight excluding hydrogens is 390 g/mol. The van der Waals surface area contributed by atoms with Crippen LogP contribution in [-0.4, -0.2) is 17.2 Å². The number of rotatable bonds is 4. The standard InChI is InChI=1S/C23H18F2N2O3/c1-14-4-2-5-15(12-14)17-6-3-7-20(26-17)27-21(28)22(10-11-22)16-8-9-18-19(13-16)30-23(24,25)29-18/h2-9,12-13H,10-11H2,1H3,(H,26,27,28). The van der Waals surface area contributed by atoms with E-state index in [-0.39, 0.29) is 17.4 Å². The molecule has 0 radical (unpaired) electrons. The Morgan fingerprint density at radius 1 is 1.00 bits per heavy atom. The van der Waals surface area contributed by atoms with Crippen LogP contribution in [-0.2, 0) is 10.2 Å². The van der Waals surface area contributed by atoms with E-state index in [1.807, 2.05) is 43.3 Å². The van der Waals surface area contributed by atoms with Crippen molar-refractivity contribution in [3.63, 3.8) is 0 Å². The van der Waals surface area contributed by atoms with Crippen LogP contribution in [0.3, 0.4) is 0 Å². The number of nitrogens with zero attached hydrogens (tertiary/aromatic N) is 1. The summed E-state index contributed by atoms with van der Waals surface area (Å²) in [7, 11) is 0. The lowest BCUT2D eigenvalue weighted by Gasteiger charge is -2.16. The Bertz CT molecular complexity index is 1160. The van der Waals surface area contributed by atoms with E-state index in [4.69, 9.17) is 0 Å². The van der Waals surface area contributed by atoms with Gasteiger partial charge in [0.1, 0.15) is 5.82 Å². The maximum absolute atomic E-state index is 13.3. The van der Waals surface area contributed by atoms with Crippen molar-refractivity contribution >= 4 is 11.7 Å². The zero-order valence-corrected chi connectivity index (χ0v) is 16.1. The summed E-state index contributed by atoms with van der Waals surface area (Å²) in [4.78, 5) is 17.6. The molecule has 0 saturated heterocycles. The summed E-state index contributed by atoms with van der Waals surface area (Å²) in [6.45, 7) is 2.01. The molecule has 30 heavy (non-hydrogen) atoms. The highest BCUT2D eigenvalue weighted by molar-refractivity contribution is 6.01. The van der Waals surface area contributed by atoms with Gasteiger partial charge in [0.05, 0.1) is 11.1 Å². The van der Waals surface area contributed by atoms with Crippen LogP contribution in [0.4, 0.5) is 14.6 Å². The van der Waals surface area contributed by atoms with E-state index in [0.29, 0.717) is 24.2 Å². The van der Waals surface area contributed by atoms with Crippen LogP contribution in [0.15, 0.2) is 60.7 Å². The Hall–Kier alpha value is -3.48. The minimum absolute atomic E-state index is 0.0347. The summed E-state index contributed by atoms with van der Waals surface area (Å²) < 4.78 is 35.6. The van der Waals surface area contributed by atoms with E-state index in [1.54, 1.807) is 12.1 Å². The number of halogens is 2. The topological polar surface area (TPSA) is 60.5 Å². The number of benzene rings is 2. The summed E-state index contributed by atoms with van der Waals surface area (Å²) in [5.74, 6) is 0.128. The maximum atomic E-state index is 13.3. The van der Waals surface area contributed by atoms with E-state index in [2.05, 4.69) is 19.8 Å². The summed E-state index contributed by atoms with van der Waals surface area (Å²) in [5, 5.41) is 2.88. The number of anilines is 1. The van der Waals surface area contributed by atoms with E-state index in [1.165, 1.54) is 12.1 Å². The third-order valence-electron chi connectivity index (χ3n) is 5.44. The van der Waals surface area contributed by atoms with Crippen LogP contribution in [0.1, 0.15) is 24.0 Å². The zero-order valence-electron chi connectivity index (χ0n) is 16.1. The van der Waals surface area contributed by atoms with Gasteiger partial charge >= 0.3 is 6.29 Å². The first-order chi connectivity index (χ1) is 14.3. The molecule has 0 atom stereocenters. The minimum Gasteiger partial charge on any atom is -0.395 e. The molecule has 1 fully saturated rings. The number of amides is 1. The Morgan fingerprint density at radius 2 is 1.77 bits per heavy atom. The van der Waals surface area contributed by atoms with Crippen molar-refractivity contribution in [1.82, 2.24) is 4.98 Å². The van der Waals surface area contributed by atoms with E-state index in [9.17, 15) is 13.6 Å². The van der Waals surface area contributed by atoms with E-state index < -0.39 is 11.7 Å². The lowest BCUT2D eigenvalue weighted by atomic mass is 9.94. The molecule has 2 heterocycles. The monoisotopic (exact) mass is 408 g/mol. The van der Waals surface area contributed by atoms with Gasteiger partial charge in [-0.2, -0.15) is 0 Å². The van der Waals surface area contributed by atoms with Gasteiger partial charge in [-0.1, -0.05) is 35.9 Å². The Balaban J connectivity index is 1.38. The SMILES string of the molecule is Cc1cccc(-c2cccc(NC(=O)C3(c4ccc5c(c4)OC(F)(F)O5)CC3)n2)c1. The summed E-state index contributed by atoms with van der Waals surface area (Å²) in [6.07, 6.45) is -2.45. The predicted octanol–water partition coefficient (Wildman–Crippen LogP) is 5.05. The molecule has 0 spiro atoms. The first kappa shape index (κ1) is 18.5. The number of nitrogens with one attached hydrogen (secondary N) is 1. The molecule has 1 saturated carbocycles. The molecule has 3 aromatic rings. The summed E-state index contributed by atoms with van der Waals surface area (Å²) in [5.41, 5.74) is 2.68. The predicted molar refractivity (Wildman–Crippen MR) is 107 cm³/mol. The van der Waals surface area contributed by atoms with Gasteiger partial charge in [0, 0.05) is 5.56 Å². The highest BCUT2D eigenvalue weighted by Crippen LogP contribution is 2.52. The number of hydrogen-bond acceptors (Lipinski definition) is 4. The molecule has 5 rings (SSSR count). The summed E-state index contributed by atoms with van der Waals surface area (Å²) in [6, 6.07) is 17.9. The molecule has 1 aromatic heterocycles. The Labute approximate surface area is 171 Å². The second-order valence-corrected chi connectivity index (χ2v) is 7.64. The van der Waals surface area contributed by atoms with Crippen molar-refractivity contribution in [1.29, 1.82) is 0 Å². The smallest absolute Gasteiger partial charge is 0.395 e. The van der Waals surface area contributed by atoms with Gasteiger partial charge in [-0.3, -0.25) is 4.79 Å². The summed E-state index contributed by atoms with van der Waals surface area (Å²) >= 11 is 0. The Kier molecular flexibility index (Phi) is 4.03. The van der Waals surface area contributed by atoms with Crippen LogP contribution in [0.5, 0.6) is 11.5 Å². The van der Waals surface area contributed by atoms with Crippen molar-refractivity contribution in [2.45, 2.75) is 31.5 Å². The third kappa shape index (κ3) is 3.26. The lowest BCUT2D eigenvalue weighted by molar-refractivity contribution is -0.286. The van der Waals surface area contributed by atoms with Crippen molar-refractivity contribution in [3.8, 4) is 22.8 Å². The molecule has 0 bridgehead atoms. The molecule has 1 amide bonds. The second-order valence-electron chi connectivity index (χ2n) is 7.64. The normalized spacial score (nSPS) is 17.4. The molecular formula is C23H18F2N2O3. The zero-order chi connectivity index (χ0) is 20.9. The second kappa shape index (κ2) is 6.52. The minimum atomic E-state index is -3.68. The highest BCUT2D eigenvalue weighted by atomic mass is 19.3. The number of hydrogen-bond donors (Lipinski definition) is 1. The van der Waals surface area contributed by atoms with Crippen LogP contribution in [0.2, 0.25) is 0 Å². The fourth-order valence-corrected chi connectivity index (χ4v) is 3.72. The average Bonchev–Trinajstić information content (AvgIpc) is 3.45. The molecule has 0 unspecified atom stereocenters. The first-order valence-corrected chi connectivity index (χ1v) is 9.61. The van der Waals surface area contributed by atoms with Gasteiger partial charge in [0.25, 0.3) is 0 Å². The number of aryl methyl sites for hydroxylation is 1. The van der Waals surface area contributed by atoms with Crippen LogP contribution in [0, 0.1) is 6.92 Å². The molecule has 1 N–H and O–H groups in total. The average molecular weight is 408 g/mol. The number of aromatic nitrogens is 1. The van der Waals surface area contributed by atoms with Crippen LogP contribution >= 0.6 is 0 Å². The highest BCUT2D eigenvalue weighted by Gasteiger charge is 2.52. The fourth-order valence-electron chi connectivity index (χ4n) is 3.72. The number of carbonyl (C=O) groups is 1. The molecule has 2 aliphatic rings. The van der Waals surface area contributed by atoms with Gasteiger partial charge in [0.2, 0.25) is 5.91 Å². The van der Waals surface area contributed by atoms with Gasteiger partial charge in [-0.05, 0) is 55.7 Å². The molecule has 5 nitrogen and oxygen atoms in total.